The van der Waals surface area contributed by atoms with Crippen LogP contribution in [-0.2, 0) is 0 Å². The van der Waals surface area contributed by atoms with Gasteiger partial charge in [-0.3, -0.25) is 0 Å². The second kappa shape index (κ2) is 10.2. The number of benzene rings is 4. The number of nitrogens with one attached hydrogen (secondary N) is 1. The summed E-state index contributed by atoms with van der Waals surface area (Å²) in [7, 11) is 3.31. The van der Waals surface area contributed by atoms with Crippen molar-refractivity contribution in [2.75, 3.05) is 14.2 Å². The maximum atomic E-state index is 12.6. The third-order valence-electron chi connectivity index (χ3n) is 6.79. The summed E-state index contributed by atoms with van der Waals surface area (Å²) in [6, 6.07) is 30.5. The molecular weight excluding hydrogens is 494 g/mol. The van der Waals surface area contributed by atoms with Gasteiger partial charge in [-0.05, 0) is 58.3 Å². The fourth-order valence-electron chi connectivity index (χ4n) is 4.80. The van der Waals surface area contributed by atoms with Gasteiger partial charge in [-0.1, -0.05) is 65.8 Å². The van der Waals surface area contributed by atoms with E-state index in [0.717, 1.165) is 38.8 Å². The van der Waals surface area contributed by atoms with E-state index in [0.29, 0.717) is 12.3 Å². The zero-order chi connectivity index (χ0) is 26.1. The van der Waals surface area contributed by atoms with Gasteiger partial charge in [0.05, 0.1) is 19.9 Å². The van der Waals surface area contributed by atoms with E-state index in [4.69, 9.17) is 14.6 Å². The van der Waals surface area contributed by atoms with Gasteiger partial charge >= 0.3 is 11.1 Å². The molecule has 2 aliphatic heterocycles. The van der Waals surface area contributed by atoms with Gasteiger partial charge in [-0.15, -0.1) is 4.68 Å². The van der Waals surface area contributed by atoms with Gasteiger partial charge in [0.1, 0.15) is 16.4 Å². The van der Waals surface area contributed by atoms with Crippen molar-refractivity contribution in [1.29, 1.82) is 0 Å². The molecule has 4 aromatic rings. The quantitative estimate of drug-likeness (QED) is 0.301. The van der Waals surface area contributed by atoms with E-state index >= 15 is 0 Å². The van der Waals surface area contributed by atoms with E-state index in [2.05, 4.69) is 47.8 Å². The zero-order valence-corrected chi connectivity index (χ0v) is 21.9. The summed E-state index contributed by atoms with van der Waals surface area (Å²) in [4.78, 5) is 13.4. The highest BCUT2D eigenvalue weighted by molar-refractivity contribution is 8.18. The SMILES string of the molecule is COc1ccc(/C=C2\SC(=O)N\C2=[N+]2/N=C(c3ccc4ccccc4c3)C[C@@H]2c2ccc(OC)cc2)cc1. The molecule has 0 unspecified atom stereocenters. The highest BCUT2D eigenvalue weighted by atomic mass is 32.2. The summed E-state index contributed by atoms with van der Waals surface area (Å²) in [5, 5.41) is 10.4. The van der Waals surface area contributed by atoms with Crippen molar-refractivity contribution in [2.45, 2.75) is 12.5 Å². The molecule has 7 heteroatoms. The van der Waals surface area contributed by atoms with Crippen LogP contribution in [0, 0.1) is 0 Å². The standard InChI is InChI=1S/C31H25N3O3S/c1-36-25-13-7-20(8-14-25)17-29-30(32-31(35)38-29)34-28(22-11-15-26(37-2)16-12-22)19-27(33-34)24-10-9-21-5-3-4-6-23(21)18-24/h3-18,28H,19H2,1-2H3/p+1/b29-17-/t28-/m1/s1. The van der Waals surface area contributed by atoms with Crippen LogP contribution >= 0.6 is 11.8 Å². The predicted octanol–water partition coefficient (Wildman–Crippen LogP) is 6.61. The van der Waals surface area contributed by atoms with Gasteiger partial charge in [0.15, 0.2) is 6.04 Å². The average Bonchev–Trinajstić information content (AvgIpc) is 3.56. The Kier molecular flexibility index (Phi) is 6.43. The van der Waals surface area contributed by atoms with Crippen LogP contribution in [0.3, 0.4) is 0 Å². The second-order valence-corrected chi connectivity index (χ2v) is 10.1. The Morgan fingerprint density at radius 1 is 0.895 bits per heavy atom. The molecule has 6 nitrogen and oxygen atoms in total. The third-order valence-corrected chi connectivity index (χ3v) is 7.61. The molecule has 1 fully saturated rings. The maximum absolute atomic E-state index is 12.6. The largest absolute Gasteiger partial charge is 0.497 e. The number of hydrogen-bond donors (Lipinski definition) is 1. The summed E-state index contributed by atoms with van der Waals surface area (Å²) in [6.07, 6.45) is 2.70. The van der Waals surface area contributed by atoms with Crippen molar-refractivity contribution in [3.05, 3.63) is 113 Å². The number of rotatable bonds is 5. The van der Waals surface area contributed by atoms with E-state index in [1.54, 1.807) is 14.2 Å². The fourth-order valence-corrected chi connectivity index (χ4v) is 5.58. The lowest BCUT2D eigenvalue weighted by Gasteiger charge is -2.11. The zero-order valence-electron chi connectivity index (χ0n) is 21.0. The van der Waals surface area contributed by atoms with Gasteiger partial charge < -0.3 is 9.47 Å². The molecule has 188 valence electrons. The predicted molar refractivity (Wildman–Crippen MR) is 153 cm³/mol. The first kappa shape index (κ1) is 24.0. The molecule has 38 heavy (non-hydrogen) atoms. The number of amides is 1. The number of methoxy groups -OCH3 is 2. The smallest absolute Gasteiger partial charge is 0.372 e. The van der Waals surface area contributed by atoms with Crippen LogP contribution in [0.1, 0.15) is 29.2 Å². The van der Waals surface area contributed by atoms with Gasteiger partial charge in [0.25, 0.3) is 0 Å². The summed E-state index contributed by atoms with van der Waals surface area (Å²) in [6.45, 7) is 0. The lowest BCUT2D eigenvalue weighted by Crippen LogP contribution is -2.29. The second-order valence-electron chi connectivity index (χ2n) is 9.09. The molecule has 0 spiro atoms. The van der Waals surface area contributed by atoms with Gasteiger partial charge in [0.2, 0.25) is 0 Å². The van der Waals surface area contributed by atoms with Gasteiger partial charge in [0, 0.05) is 23.7 Å². The third kappa shape index (κ3) is 4.68. The van der Waals surface area contributed by atoms with Crippen molar-refractivity contribution in [2.24, 2.45) is 5.10 Å². The molecule has 1 saturated heterocycles. The van der Waals surface area contributed by atoms with Crippen LogP contribution in [0.5, 0.6) is 11.5 Å². The first-order valence-corrected chi connectivity index (χ1v) is 13.1. The van der Waals surface area contributed by atoms with Gasteiger partial charge in [-0.25, -0.2) is 4.79 Å². The summed E-state index contributed by atoms with van der Waals surface area (Å²) in [5.74, 6) is 2.27. The van der Waals surface area contributed by atoms with Crippen molar-refractivity contribution in [3.8, 4) is 11.5 Å². The van der Waals surface area contributed by atoms with Crippen molar-refractivity contribution >= 4 is 45.4 Å². The molecule has 0 radical (unpaired) electrons. The minimum Gasteiger partial charge on any atom is -0.497 e. The van der Waals surface area contributed by atoms with Crippen LogP contribution in [-0.4, -0.2) is 35.7 Å². The molecule has 0 aromatic heterocycles. The lowest BCUT2D eigenvalue weighted by atomic mass is 9.97. The van der Waals surface area contributed by atoms with Crippen LogP contribution in [0.25, 0.3) is 16.8 Å². The molecule has 1 amide bonds. The Bertz CT molecular complexity index is 1620. The number of fused-ring (bicyclic) bond motifs is 1. The first-order valence-electron chi connectivity index (χ1n) is 12.3. The minimum absolute atomic E-state index is 0.0874. The van der Waals surface area contributed by atoms with Crippen LogP contribution < -0.4 is 14.8 Å². The Labute approximate surface area is 225 Å². The molecule has 1 atom stereocenters. The highest BCUT2D eigenvalue weighted by Crippen LogP contribution is 2.35. The Balaban J connectivity index is 1.47. The molecule has 0 aliphatic carbocycles. The normalized spacial score (nSPS) is 20.1. The van der Waals surface area contributed by atoms with Crippen LogP contribution in [0.15, 0.2) is 101 Å². The van der Waals surface area contributed by atoms with Crippen LogP contribution in [0.2, 0.25) is 0 Å². The van der Waals surface area contributed by atoms with E-state index in [1.807, 2.05) is 59.3 Å². The summed E-state index contributed by atoms with van der Waals surface area (Å²) >= 11 is 1.18. The van der Waals surface area contributed by atoms with E-state index in [-0.39, 0.29) is 11.3 Å². The Hall–Kier alpha value is -4.36. The number of hydrazone groups is 1. The van der Waals surface area contributed by atoms with Gasteiger partial charge in [-0.2, -0.15) is 5.32 Å². The molecule has 6 rings (SSSR count). The number of nitrogens with zero attached hydrogens (tertiary/aromatic N) is 2. The summed E-state index contributed by atoms with van der Waals surface area (Å²) < 4.78 is 12.6. The monoisotopic (exact) mass is 520 g/mol. The molecule has 0 saturated carbocycles. The molecule has 2 aliphatic rings. The molecule has 1 N–H and O–H groups in total. The van der Waals surface area contributed by atoms with E-state index in [9.17, 15) is 4.79 Å². The molecule has 4 aromatic carbocycles. The minimum atomic E-state index is -0.123. The molecular formula is C31H26N3O3S+. The number of hydrogen-bond acceptors (Lipinski definition) is 5. The van der Waals surface area contributed by atoms with Crippen molar-refractivity contribution in [1.82, 2.24) is 5.32 Å². The highest BCUT2D eigenvalue weighted by Gasteiger charge is 2.40. The maximum Gasteiger partial charge on any atom is 0.372 e. The van der Waals surface area contributed by atoms with E-state index < -0.39 is 0 Å². The number of ether oxygens (including phenoxy) is 2. The number of amidine groups is 1. The Morgan fingerprint density at radius 2 is 1.58 bits per heavy atom. The summed E-state index contributed by atoms with van der Waals surface area (Å²) in [5.41, 5.74) is 4.11. The average molecular weight is 521 g/mol. The van der Waals surface area contributed by atoms with Crippen LogP contribution in [0.4, 0.5) is 4.79 Å². The number of carbonyl (C=O) groups is 1. The first-order chi connectivity index (χ1) is 18.6. The van der Waals surface area contributed by atoms with Crippen molar-refractivity contribution in [3.63, 3.8) is 0 Å². The number of thioether (sulfide) groups is 1. The lowest BCUT2D eigenvalue weighted by molar-refractivity contribution is -0.568. The fraction of sp³-hybridized carbons (Fsp3) is 0.129. The molecule has 0 bridgehead atoms. The van der Waals surface area contributed by atoms with E-state index in [1.165, 1.54) is 22.5 Å². The topological polar surface area (TPSA) is 62.9 Å². The Morgan fingerprint density at radius 3 is 2.29 bits per heavy atom. The molecule has 2 heterocycles. The number of carbonyl (C=O) groups excluding carboxylic acids is 1. The van der Waals surface area contributed by atoms with Crippen molar-refractivity contribution < 1.29 is 19.0 Å².